The van der Waals surface area contributed by atoms with Crippen LogP contribution in [0.15, 0.2) is 43.0 Å². The average molecular weight is 313 g/mol. The molecule has 4 heteroatoms. The van der Waals surface area contributed by atoms with Gasteiger partial charge in [-0.3, -0.25) is 0 Å². The van der Waals surface area contributed by atoms with Gasteiger partial charge < -0.3 is 9.64 Å². The molecule has 0 radical (unpaired) electrons. The molecule has 0 spiro atoms. The Balaban J connectivity index is 2.06. The highest BCUT2D eigenvalue weighted by atomic mass is 32.1. The third-order valence-electron chi connectivity index (χ3n) is 3.78. The molecule has 0 unspecified atom stereocenters. The number of rotatable bonds is 4. The molecular weight excluding hydrogens is 294 g/mol. The van der Waals surface area contributed by atoms with Gasteiger partial charge in [0.2, 0.25) is 0 Å². The van der Waals surface area contributed by atoms with Crippen molar-refractivity contribution in [1.82, 2.24) is 0 Å². The summed E-state index contributed by atoms with van der Waals surface area (Å²) in [5, 5.41) is 0. The minimum atomic E-state index is -0.221. The summed E-state index contributed by atoms with van der Waals surface area (Å²) >= 11 is 1.53. The van der Waals surface area contributed by atoms with Gasteiger partial charge in [0.1, 0.15) is 4.88 Å². The van der Waals surface area contributed by atoms with Crippen molar-refractivity contribution in [1.29, 1.82) is 0 Å². The number of benzene rings is 1. The quantitative estimate of drug-likeness (QED) is 0.627. The van der Waals surface area contributed by atoms with Gasteiger partial charge in [0.25, 0.3) is 0 Å². The zero-order chi connectivity index (χ0) is 15.5. The van der Waals surface area contributed by atoms with Crippen LogP contribution >= 0.6 is 11.3 Å². The van der Waals surface area contributed by atoms with Crippen molar-refractivity contribution in [3.63, 3.8) is 0 Å². The van der Waals surface area contributed by atoms with Crippen LogP contribution in [0.3, 0.4) is 0 Å². The molecule has 1 aromatic carbocycles. The first-order valence-corrected chi connectivity index (χ1v) is 8.31. The molecule has 3 nitrogen and oxygen atoms in total. The van der Waals surface area contributed by atoms with Crippen LogP contribution in [0.4, 0.5) is 5.69 Å². The standard InChI is InChI=1S/C18H19NO2S/c1-3-10-19-11-9-13-12-16(18(20)21-4-2)22-17(13)14-7-5-6-8-15(14)19/h3,5-8,12H,1,4,9-11H2,2H3. The summed E-state index contributed by atoms with van der Waals surface area (Å²) in [6.45, 7) is 7.85. The molecule has 22 heavy (non-hydrogen) atoms. The first-order valence-electron chi connectivity index (χ1n) is 7.49. The van der Waals surface area contributed by atoms with Crippen molar-refractivity contribution in [2.24, 2.45) is 0 Å². The Kier molecular flexibility index (Phi) is 4.29. The predicted octanol–water partition coefficient (Wildman–Crippen LogP) is 4.14. The summed E-state index contributed by atoms with van der Waals surface area (Å²) in [6.07, 6.45) is 2.86. The van der Waals surface area contributed by atoms with Crippen molar-refractivity contribution in [3.05, 3.63) is 53.4 Å². The van der Waals surface area contributed by atoms with Crippen LogP contribution in [0.2, 0.25) is 0 Å². The monoisotopic (exact) mass is 313 g/mol. The lowest BCUT2D eigenvalue weighted by molar-refractivity contribution is 0.0532. The molecule has 0 saturated heterocycles. The number of nitrogens with zero attached hydrogens (tertiary/aromatic N) is 1. The second-order valence-electron chi connectivity index (χ2n) is 5.19. The number of hydrogen-bond acceptors (Lipinski definition) is 4. The Morgan fingerprint density at radius 1 is 1.45 bits per heavy atom. The number of carbonyl (C=O) groups excluding carboxylic acids is 1. The van der Waals surface area contributed by atoms with Crippen LogP contribution in [0.25, 0.3) is 10.4 Å². The lowest BCUT2D eigenvalue weighted by atomic mass is 10.1. The van der Waals surface area contributed by atoms with E-state index in [1.807, 2.05) is 25.1 Å². The van der Waals surface area contributed by atoms with Crippen LogP contribution in [0.1, 0.15) is 22.2 Å². The summed E-state index contributed by atoms with van der Waals surface area (Å²) < 4.78 is 5.13. The minimum absolute atomic E-state index is 0.221. The Bertz CT molecular complexity index is 705. The van der Waals surface area contributed by atoms with E-state index in [1.165, 1.54) is 33.0 Å². The Morgan fingerprint density at radius 2 is 2.27 bits per heavy atom. The van der Waals surface area contributed by atoms with Crippen molar-refractivity contribution in [2.45, 2.75) is 13.3 Å². The maximum Gasteiger partial charge on any atom is 0.348 e. The van der Waals surface area contributed by atoms with Gasteiger partial charge >= 0.3 is 5.97 Å². The number of para-hydroxylation sites is 1. The molecule has 0 fully saturated rings. The van der Waals surface area contributed by atoms with Crippen molar-refractivity contribution in [3.8, 4) is 10.4 Å². The van der Waals surface area contributed by atoms with Crippen LogP contribution in [0, 0.1) is 0 Å². The van der Waals surface area contributed by atoms with E-state index in [0.717, 1.165) is 19.5 Å². The molecule has 1 aliphatic heterocycles. The normalized spacial score (nSPS) is 13.0. The summed E-state index contributed by atoms with van der Waals surface area (Å²) in [6, 6.07) is 10.4. The highest BCUT2D eigenvalue weighted by molar-refractivity contribution is 7.17. The van der Waals surface area contributed by atoms with Crippen LogP contribution in [-0.4, -0.2) is 25.7 Å². The van der Waals surface area contributed by atoms with Gasteiger partial charge in [0, 0.05) is 29.2 Å². The summed E-state index contributed by atoms with van der Waals surface area (Å²) in [7, 11) is 0. The topological polar surface area (TPSA) is 29.5 Å². The summed E-state index contributed by atoms with van der Waals surface area (Å²) in [5.41, 5.74) is 3.63. The fourth-order valence-electron chi connectivity index (χ4n) is 2.81. The summed E-state index contributed by atoms with van der Waals surface area (Å²) in [5.74, 6) is -0.221. The highest BCUT2D eigenvalue weighted by Gasteiger charge is 2.23. The minimum Gasteiger partial charge on any atom is -0.462 e. The summed E-state index contributed by atoms with van der Waals surface area (Å²) in [4.78, 5) is 16.2. The fourth-order valence-corrected chi connectivity index (χ4v) is 3.95. The van der Waals surface area contributed by atoms with E-state index in [-0.39, 0.29) is 5.97 Å². The molecule has 1 aliphatic rings. The third kappa shape index (κ3) is 2.66. The van der Waals surface area contributed by atoms with Gasteiger partial charge in [-0.15, -0.1) is 17.9 Å². The number of carbonyl (C=O) groups is 1. The molecule has 0 atom stereocenters. The van der Waals surface area contributed by atoms with Gasteiger partial charge in [-0.25, -0.2) is 4.79 Å². The number of esters is 1. The molecule has 3 rings (SSSR count). The maximum atomic E-state index is 12.0. The number of ether oxygens (including phenoxy) is 1. The van der Waals surface area contributed by atoms with Gasteiger partial charge in [0.05, 0.1) is 6.61 Å². The second-order valence-corrected chi connectivity index (χ2v) is 6.24. The van der Waals surface area contributed by atoms with E-state index >= 15 is 0 Å². The smallest absolute Gasteiger partial charge is 0.348 e. The number of hydrogen-bond donors (Lipinski definition) is 0. The van der Waals surface area contributed by atoms with Crippen molar-refractivity contribution >= 4 is 23.0 Å². The molecule has 0 aliphatic carbocycles. The van der Waals surface area contributed by atoms with E-state index in [2.05, 4.69) is 29.7 Å². The van der Waals surface area contributed by atoms with Gasteiger partial charge in [-0.2, -0.15) is 0 Å². The SMILES string of the molecule is C=CCN1CCc2cc(C(=O)OCC)sc2-c2ccccc21. The molecule has 0 bridgehead atoms. The lowest BCUT2D eigenvalue weighted by Gasteiger charge is -2.23. The Hall–Kier alpha value is -2.07. The first kappa shape index (κ1) is 14.9. The van der Waals surface area contributed by atoms with E-state index < -0.39 is 0 Å². The second kappa shape index (κ2) is 6.36. The van der Waals surface area contributed by atoms with E-state index in [9.17, 15) is 4.79 Å². The van der Waals surface area contributed by atoms with E-state index in [1.54, 1.807) is 0 Å². The number of fused-ring (bicyclic) bond motifs is 3. The molecule has 0 saturated carbocycles. The Labute approximate surface area is 134 Å². The molecule has 0 N–H and O–H groups in total. The predicted molar refractivity (Wildman–Crippen MR) is 91.8 cm³/mol. The van der Waals surface area contributed by atoms with Gasteiger partial charge in [0.15, 0.2) is 0 Å². The zero-order valence-electron chi connectivity index (χ0n) is 12.7. The van der Waals surface area contributed by atoms with Crippen LogP contribution in [-0.2, 0) is 11.2 Å². The molecule has 2 aromatic rings. The first-order chi connectivity index (χ1) is 10.7. The molecule has 114 valence electrons. The third-order valence-corrected chi connectivity index (χ3v) is 4.97. The molecular formula is C18H19NO2S. The lowest BCUT2D eigenvalue weighted by Crippen LogP contribution is -2.25. The van der Waals surface area contributed by atoms with Crippen LogP contribution in [0.5, 0.6) is 0 Å². The maximum absolute atomic E-state index is 12.0. The Morgan fingerprint density at radius 3 is 3.05 bits per heavy atom. The zero-order valence-corrected chi connectivity index (χ0v) is 13.5. The molecule has 1 aromatic heterocycles. The van der Waals surface area contributed by atoms with E-state index in [0.29, 0.717) is 11.5 Å². The van der Waals surface area contributed by atoms with Crippen molar-refractivity contribution < 1.29 is 9.53 Å². The van der Waals surface area contributed by atoms with Crippen molar-refractivity contribution in [2.75, 3.05) is 24.6 Å². The molecule has 2 heterocycles. The number of thiophene rings is 1. The van der Waals surface area contributed by atoms with Gasteiger partial charge in [-0.1, -0.05) is 24.3 Å². The van der Waals surface area contributed by atoms with Gasteiger partial charge in [-0.05, 0) is 31.0 Å². The number of anilines is 1. The average Bonchev–Trinajstić information content (AvgIpc) is 2.90. The largest absolute Gasteiger partial charge is 0.462 e. The van der Waals surface area contributed by atoms with Crippen LogP contribution < -0.4 is 4.90 Å². The highest BCUT2D eigenvalue weighted by Crippen LogP contribution is 2.41. The fraction of sp³-hybridized carbons (Fsp3) is 0.278. The molecule has 0 amide bonds. The van der Waals surface area contributed by atoms with E-state index in [4.69, 9.17) is 4.74 Å².